The first kappa shape index (κ1) is 19.8. The van der Waals surface area contributed by atoms with Gasteiger partial charge in [-0.3, -0.25) is 4.79 Å². The zero-order chi connectivity index (χ0) is 19.2. The monoisotopic (exact) mass is 393 g/mol. The molecule has 0 aliphatic carbocycles. The summed E-state index contributed by atoms with van der Waals surface area (Å²) in [6.07, 6.45) is 6.29. The molecule has 3 fully saturated rings. The lowest BCUT2D eigenvalue weighted by Crippen LogP contribution is -2.46. The van der Waals surface area contributed by atoms with Gasteiger partial charge in [0.2, 0.25) is 11.8 Å². The van der Waals surface area contributed by atoms with Gasteiger partial charge in [-0.1, -0.05) is 5.16 Å². The highest BCUT2D eigenvalue weighted by Crippen LogP contribution is 2.25. The molecule has 0 N–H and O–H groups in total. The smallest absolute Gasteiger partial charge is 0.229 e. The predicted molar refractivity (Wildman–Crippen MR) is 99.9 cm³/mol. The summed E-state index contributed by atoms with van der Waals surface area (Å²) in [6.45, 7) is 5.00. The lowest BCUT2D eigenvalue weighted by Gasteiger charge is -2.35. The summed E-state index contributed by atoms with van der Waals surface area (Å²) >= 11 is 0. The second-order valence-corrected chi connectivity index (χ2v) is 7.99. The number of ether oxygens (including phenoxy) is 3. The second kappa shape index (κ2) is 9.80. The third-order valence-electron chi connectivity index (χ3n) is 5.99. The van der Waals surface area contributed by atoms with Gasteiger partial charge in [-0.2, -0.15) is 4.98 Å². The highest BCUT2D eigenvalue weighted by atomic mass is 16.5. The third-order valence-corrected chi connectivity index (χ3v) is 5.99. The van der Waals surface area contributed by atoms with Gasteiger partial charge in [0.15, 0.2) is 5.82 Å². The molecule has 3 aliphatic heterocycles. The van der Waals surface area contributed by atoms with Gasteiger partial charge in [-0.15, -0.1) is 0 Å². The maximum Gasteiger partial charge on any atom is 0.229 e. The average molecular weight is 393 g/mol. The van der Waals surface area contributed by atoms with E-state index in [1.54, 1.807) is 0 Å². The minimum atomic E-state index is 0.0967. The summed E-state index contributed by atoms with van der Waals surface area (Å²) in [5, 5.41) is 4.10. The zero-order valence-electron chi connectivity index (χ0n) is 16.5. The van der Waals surface area contributed by atoms with Crippen molar-refractivity contribution in [3.05, 3.63) is 11.7 Å². The molecular formula is C20H31N3O5. The van der Waals surface area contributed by atoms with E-state index < -0.39 is 0 Å². The predicted octanol–water partition coefficient (Wildman–Crippen LogP) is 1.94. The Bertz CT molecular complexity index is 625. The molecule has 1 aromatic heterocycles. The van der Waals surface area contributed by atoms with Gasteiger partial charge in [-0.05, 0) is 38.5 Å². The fourth-order valence-electron chi connectivity index (χ4n) is 4.27. The molecule has 1 aromatic rings. The van der Waals surface area contributed by atoms with Crippen molar-refractivity contribution >= 4 is 5.91 Å². The Morgan fingerprint density at radius 3 is 2.61 bits per heavy atom. The van der Waals surface area contributed by atoms with Crippen LogP contribution < -0.4 is 0 Å². The maximum absolute atomic E-state index is 12.7. The van der Waals surface area contributed by atoms with E-state index >= 15 is 0 Å². The summed E-state index contributed by atoms with van der Waals surface area (Å²) < 4.78 is 22.2. The van der Waals surface area contributed by atoms with Crippen LogP contribution in [0.3, 0.4) is 0 Å². The van der Waals surface area contributed by atoms with Crippen molar-refractivity contribution in [2.75, 3.05) is 46.1 Å². The van der Waals surface area contributed by atoms with E-state index in [-0.39, 0.29) is 17.9 Å². The number of carbonyl (C=O) groups excluding carboxylic acids is 1. The molecule has 1 atom stereocenters. The van der Waals surface area contributed by atoms with E-state index in [2.05, 4.69) is 10.1 Å². The standard InChI is InChI=1S/C20H31N3O5/c24-20(16-5-11-26-12-6-16)23-8-1-2-17(14-23)27-13-7-18-21-19(28-22-18)15-3-9-25-10-4-15/h15-17H,1-14H2. The molecule has 8 heteroatoms. The van der Waals surface area contributed by atoms with Crippen LogP contribution in [0.5, 0.6) is 0 Å². The van der Waals surface area contributed by atoms with E-state index in [1.165, 1.54) is 0 Å². The SMILES string of the molecule is O=C(C1CCOCC1)N1CCCC(OCCc2noc(C3CCOCC3)n2)C1. The molecule has 3 aliphatic rings. The second-order valence-electron chi connectivity index (χ2n) is 7.99. The molecule has 0 radical (unpaired) electrons. The number of amides is 1. The first-order valence-corrected chi connectivity index (χ1v) is 10.7. The number of hydrogen-bond acceptors (Lipinski definition) is 7. The summed E-state index contributed by atoms with van der Waals surface area (Å²) in [6, 6.07) is 0. The topological polar surface area (TPSA) is 86.9 Å². The van der Waals surface area contributed by atoms with Gasteiger partial charge in [0.1, 0.15) is 0 Å². The molecule has 156 valence electrons. The van der Waals surface area contributed by atoms with Gasteiger partial charge in [0.25, 0.3) is 0 Å². The van der Waals surface area contributed by atoms with Crippen molar-refractivity contribution in [2.24, 2.45) is 5.92 Å². The summed E-state index contributed by atoms with van der Waals surface area (Å²) in [4.78, 5) is 19.2. The van der Waals surface area contributed by atoms with Crippen molar-refractivity contribution in [3.8, 4) is 0 Å². The fraction of sp³-hybridized carbons (Fsp3) is 0.850. The molecule has 3 saturated heterocycles. The number of carbonyl (C=O) groups is 1. The Morgan fingerprint density at radius 1 is 1.07 bits per heavy atom. The molecule has 0 aromatic carbocycles. The molecule has 8 nitrogen and oxygen atoms in total. The fourth-order valence-corrected chi connectivity index (χ4v) is 4.27. The van der Waals surface area contributed by atoms with Crippen molar-refractivity contribution in [1.29, 1.82) is 0 Å². The number of aromatic nitrogens is 2. The first-order chi connectivity index (χ1) is 13.8. The van der Waals surface area contributed by atoms with Crippen LogP contribution in [0.1, 0.15) is 56.2 Å². The Balaban J connectivity index is 1.20. The molecule has 4 rings (SSSR count). The molecule has 0 saturated carbocycles. The molecule has 0 bridgehead atoms. The average Bonchev–Trinajstić information content (AvgIpc) is 3.24. The Kier molecular flexibility index (Phi) is 6.93. The highest BCUT2D eigenvalue weighted by Gasteiger charge is 2.30. The highest BCUT2D eigenvalue weighted by molar-refractivity contribution is 5.79. The van der Waals surface area contributed by atoms with E-state index in [0.29, 0.717) is 44.5 Å². The van der Waals surface area contributed by atoms with Crippen LogP contribution in [0.2, 0.25) is 0 Å². The molecular weight excluding hydrogens is 362 g/mol. The van der Waals surface area contributed by atoms with Crippen molar-refractivity contribution < 1.29 is 23.5 Å². The minimum absolute atomic E-state index is 0.0967. The van der Waals surface area contributed by atoms with Crippen LogP contribution in [0, 0.1) is 5.92 Å². The quantitative estimate of drug-likeness (QED) is 0.730. The number of hydrogen-bond donors (Lipinski definition) is 0. The largest absolute Gasteiger partial charge is 0.381 e. The Morgan fingerprint density at radius 2 is 1.82 bits per heavy atom. The van der Waals surface area contributed by atoms with Crippen LogP contribution in [0.4, 0.5) is 0 Å². The van der Waals surface area contributed by atoms with Crippen LogP contribution in [0.25, 0.3) is 0 Å². The molecule has 0 spiro atoms. The van der Waals surface area contributed by atoms with Crippen molar-refractivity contribution in [3.63, 3.8) is 0 Å². The Hall–Kier alpha value is -1.51. The van der Waals surface area contributed by atoms with Crippen molar-refractivity contribution in [2.45, 2.75) is 57.0 Å². The minimum Gasteiger partial charge on any atom is -0.381 e. The Labute approximate surface area is 165 Å². The summed E-state index contributed by atoms with van der Waals surface area (Å²) in [5.74, 6) is 2.14. The van der Waals surface area contributed by atoms with Gasteiger partial charge in [0, 0.05) is 57.8 Å². The molecule has 1 unspecified atom stereocenters. The van der Waals surface area contributed by atoms with Crippen LogP contribution in [-0.4, -0.2) is 73.2 Å². The third kappa shape index (κ3) is 5.10. The van der Waals surface area contributed by atoms with E-state index in [9.17, 15) is 4.79 Å². The van der Waals surface area contributed by atoms with Crippen LogP contribution in [0.15, 0.2) is 4.52 Å². The first-order valence-electron chi connectivity index (χ1n) is 10.7. The van der Waals surface area contributed by atoms with Gasteiger partial charge in [0.05, 0.1) is 12.7 Å². The number of piperidine rings is 1. The van der Waals surface area contributed by atoms with Gasteiger partial charge < -0.3 is 23.6 Å². The summed E-state index contributed by atoms with van der Waals surface area (Å²) in [7, 11) is 0. The van der Waals surface area contributed by atoms with E-state index in [0.717, 1.165) is 64.2 Å². The van der Waals surface area contributed by atoms with Crippen LogP contribution >= 0.6 is 0 Å². The van der Waals surface area contributed by atoms with Crippen molar-refractivity contribution in [1.82, 2.24) is 15.0 Å². The lowest BCUT2D eigenvalue weighted by molar-refractivity contribution is -0.142. The molecule has 4 heterocycles. The lowest BCUT2D eigenvalue weighted by atomic mass is 9.97. The van der Waals surface area contributed by atoms with E-state index in [4.69, 9.17) is 18.7 Å². The summed E-state index contributed by atoms with van der Waals surface area (Å²) in [5.41, 5.74) is 0. The number of nitrogens with zero attached hydrogens (tertiary/aromatic N) is 3. The maximum atomic E-state index is 12.7. The van der Waals surface area contributed by atoms with Gasteiger partial charge in [-0.25, -0.2) is 0 Å². The van der Waals surface area contributed by atoms with Crippen LogP contribution in [-0.2, 0) is 25.4 Å². The number of likely N-dealkylation sites (tertiary alicyclic amines) is 1. The molecule has 28 heavy (non-hydrogen) atoms. The van der Waals surface area contributed by atoms with Gasteiger partial charge >= 0.3 is 0 Å². The zero-order valence-corrected chi connectivity index (χ0v) is 16.5. The number of rotatable bonds is 6. The molecule has 1 amide bonds. The normalized spacial score (nSPS) is 25.1. The van der Waals surface area contributed by atoms with E-state index in [1.807, 2.05) is 4.90 Å².